The Balaban J connectivity index is 2.22. The van der Waals surface area contributed by atoms with Crippen LogP contribution in [-0.4, -0.2) is 27.3 Å². The largest absolute Gasteiger partial charge is 0.462 e. The lowest BCUT2D eigenvalue weighted by Crippen LogP contribution is -2.03. The predicted octanol–water partition coefficient (Wildman–Crippen LogP) is 1.81. The molecule has 0 aliphatic rings. The van der Waals surface area contributed by atoms with E-state index in [0.29, 0.717) is 12.2 Å². The Morgan fingerprint density at radius 3 is 3.06 bits per heavy atom. The summed E-state index contributed by atoms with van der Waals surface area (Å²) in [4.78, 5) is 15.7. The van der Waals surface area contributed by atoms with Crippen molar-refractivity contribution in [1.29, 1.82) is 0 Å². The van der Waals surface area contributed by atoms with E-state index in [1.807, 2.05) is 12.3 Å². The van der Waals surface area contributed by atoms with Crippen LogP contribution in [-0.2, 0) is 4.74 Å². The van der Waals surface area contributed by atoms with Crippen molar-refractivity contribution in [3.05, 3.63) is 29.0 Å². The monoisotopic (exact) mass is 237 g/mol. The number of nitrogens with zero attached hydrogens (tertiary/aromatic N) is 3. The van der Waals surface area contributed by atoms with Gasteiger partial charge in [-0.05, 0) is 13.8 Å². The van der Waals surface area contributed by atoms with Gasteiger partial charge in [-0.25, -0.2) is 14.5 Å². The summed E-state index contributed by atoms with van der Waals surface area (Å²) in [5.74, 6) is -0.359. The van der Waals surface area contributed by atoms with Gasteiger partial charge in [0.1, 0.15) is 0 Å². The first-order valence-electron chi connectivity index (χ1n) is 4.85. The summed E-state index contributed by atoms with van der Waals surface area (Å²) in [5.41, 5.74) is 1.38. The van der Waals surface area contributed by atoms with Crippen molar-refractivity contribution in [2.75, 3.05) is 6.61 Å². The highest BCUT2D eigenvalue weighted by Crippen LogP contribution is 2.14. The minimum Gasteiger partial charge on any atom is -0.462 e. The highest BCUT2D eigenvalue weighted by atomic mass is 32.1. The van der Waals surface area contributed by atoms with Gasteiger partial charge in [-0.1, -0.05) is 0 Å². The molecule has 0 aliphatic heterocycles. The number of thiazole rings is 1. The lowest BCUT2D eigenvalue weighted by Gasteiger charge is -1.96. The molecule has 84 valence electrons. The quantitative estimate of drug-likeness (QED) is 0.764. The van der Waals surface area contributed by atoms with Crippen LogP contribution >= 0.6 is 11.3 Å². The van der Waals surface area contributed by atoms with Crippen LogP contribution in [0.25, 0.3) is 5.13 Å². The minimum atomic E-state index is -0.359. The van der Waals surface area contributed by atoms with Crippen molar-refractivity contribution < 1.29 is 9.53 Å². The summed E-state index contributed by atoms with van der Waals surface area (Å²) >= 11 is 1.48. The Hall–Kier alpha value is -1.69. The summed E-state index contributed by atoms with van der Waals surface area (Å²) in [6.45, 7) is 4.04. The molecule has 2 aromatic rings. The van der Waals surface area contributed by atoms with Gasteiger partial charge in [0.05, 0.1) is 24.1 Å². The van der Waals surface area contributed by atoms with Crippen molar-refractivity contribution in [1.82, 2.24) is 14.8 Å². The molecule has 2 aromatic heterocycles. The van der Waals surface area contributed by atoms with E-state index in [9.17, 15) is 4.79 Å². The molecule has 0 unspecified atom stereocenters. The van der Waals surface area contributed by atoms with Crippen molar-refractivity contribution in [3.63, 3.8) is 0 Å². The highest BCUT2D eigenvalue weighted by Gasteiger charge is 2.11. The molecule has 0 radical (unpaired) electrons. The van der Waals surface area contributed by atoms with Crippen LogP contribution < -0.4 is 0 Å². The number of hydrogen-bond acceptors (Lipinski definition) is 5. The second kappa shape index (κ2) is 4.44. The molecule has 0 N–H and O–H groups in total. The average molecular weight is 237 g/mol. The van der Waals surface area contributed by atoms with Gasteiger partial charge < -0.3 is 4.74 Å². The predicted molar refractivity (Wildman–Crippen MR) is 59.9 cm³/mol. The van der Waals surface area contributed by atoms with E-state index >= 15 is 0 Å². The smallest absolute Gasteiger partial charge is 0.341 e. The van der Waals surface area contributed by atoms with Gasteiger partial charge in [0, 0.05) is 11.6 Å². The number of rotatable bonds is 3. The molecule has 0 aliphatic carbocycles. The number of carbonyl (C=O) groups is 1. The van der Waals surface area contributed by atoms with Crippen molar-refractivity contribution in [2.45, 2.75) is 13.8 Å². The standard InChI is InChI=1S/C10H11N3O2S/c1-3-15-9(14)8-4-11-13(5-8)10-12-7(2)6-16-10/h4-6H,3H2,1-2H3. The first-order valence-corrected chi connectivity index (χ1v) is 5.73. The summed E-state index contributed by atoms with van der Waals surface area (Å²) < 4.78 is 6.45. The van der Waals surface area contributed by atoms with Gasteiger partial charge in [-0.2, -0.15) is 5.10 Å². The van der Waals surface area contributed by atoms with Gasteiger partial charge in [-0.15, -0.1) is 11.3 Å². The van der Waals surface area contributed by atoms with Crippen LogP contribution in [0.3, 0.4) is 0 Å². The van der Waals surface area contributed by atoms with E-state index in [1.54, 1.807) is 17.8 Å². The molecule has 0 atom stereocenters. The summed E-state index contributed by atoms with van der Waals surface area (Å²) in [7, 11) is 0. The zero-order valence-corrected chi connectivity index (χ0v) is 9.82. The van der Waals surface area contributed by atoms with Crippen molar-refractivity contribution >= 4 is 17.3 Å². The third-order valence-corrected chi connectivity index (χ3v) is 2.84. The first-order chi connectivity index (χ1) is 7.70. The zero-order chi connectivity index (χ0) is 11.5. The fourth-order valence-corrected chi connectivity index (χ4v) is 1.93. The Kier molecular flexibility index (Phi) is 3.00. The van der Waals surface area contributed by atoms with Crippen LogP contribution in [0.2, 0.25) is 0 Å². The Morgan fingerprint density at radius 1 is 1.62 bits per heavy atom. The van der Waals surface area contributed by atoms with E-state index in [4.69, 9.17) is 4.74 Å². The lowest BCUT2D eigenvalue weighted by atomic mass is 10.4. The third-order valence-electron chi connectivity index (χ3n) is 1.90. The first kappa shape index (κ1) is 10.8. The SMILES string of the molecule is CCOC(=O)c1cnn(-c2nc(C)cs2)c1. The molecule has 2 rings (SSSR count). The van der Waals surface area contributed by atoms with Gasteiger partial charge in [0.2, 0.25) is 5.13 Å². The number of hydrogen-bond donors (Lipinski definition) is 0. The summed E-state index contributed by atoms with van der Waals surface area (Å²) in [5, 5.41) is 6.74. The second-order valence-corrected chi connectivity index (χ2v) is 4.00. The van der Waals surface area contributed by atoms with Crippen LogP contribution in [0, 0.1) is 6.92 Å². The number of aromatic nitrogens is 3. The third kappa shape index (κ3) is 2.11. The van der Waals surface area contributed by atoms with E-state index in [1.165, 1.54) is 17.5 Å². The van der Waals surface area contributed by atoms with Gasteiger partial charge in [-0.3, -0.25) is 0 Å². The maximum atomic E-state index is 11.4. The van der Waals surface area contributed by atoms with Crippen molar-refractivity contribution in [3.8, 4) is 5.13 Å². The molecule has 0 aromatic carbocycles. The Morgan fingerprint density at radius 2 is 2.44 bits per heavy atom. The topological polar surface area (TPSA) is 57.0 Å². The molecule has 0 fully saturated rings. The molecule has 0 spiro atoms. The fourth-order valence-electron chi connectivity index (χ4n) is 1.19. The fraction of sp³-hybridized carbons (Fsp3) is 0.300. The Bertz CT molecular complexity index is 504. The normalized spacial score (nSPS) is 10.4. The molecule has 0 amide bonds. The van der Waals surface area contributed by atoms with Crippen molar-refractivity contribution in [2.24, 2.45) is 0 Å². The number of esters is 1. The van der Waals surface area contributed by atoms with Crippen LogP contribution in [0.15, 0.2) is 17.8 Å². The van der Waals surface area contributed by atoms with E-state index in [-0.39, 0.29) is 5.97 Å². The van der Waals surface area contributed by atoms with Crippen LogP contribution in [0.5, 0.6) is 0 Å². The molecule has 0 bridgehead atoms. The van der Waals surface area contributed by atoms with Crippen LogP contribution in [0.1, 0.15) is 23.0 Å². The summed E-state index contributed by atoms with van der Waals surface area (Å²) in [6.07, 6.45) is 3.10. The highest BCUT2D eigenvalue weighted by molar-refractivity contribution is 7.12. The van der Waals surface area contributed by atoms with E-state index in [2.05, 4.69) is 10.1 Å². The number of ether oxygens (including phenoxy) is 1. The lowest BCUT2D eigenvalue weighted by molar-refractivity contribution is 0.0526. The zero-order valence-electron chi connectivity index (χ0n) is 9.01. The maximum absolute atomic E-state index is 11.4. The summed E-state index contributed by atoms with van der Waals surface area (Å²) in [6, 6.07) is 0. The molecule has 5 nitrogen and oxygen atoms in total. The molecule has 0 saturated carbocycles. The van der Waals surface area contributed by atoms with E-state index in [0.717, 1.165) is 10.8 Å². The number of carbonyl (C=O) groups excluding carboxylic acids is 1. The Labute approximate surface area is 96.7 Å². The van der Waals surface area contributed by atoms with Gasteiger partial charge in [0.15, 0.2) is 0 Å². The minimum absolute atomic E-state index is 0.359. The maximum Gasteiger partial charge on any atom is 0.341 e. The molecule has 16 heavy (non-hydrogen) atoms. The van der Waals surface area contributed by atoms with Gasteiger partial charge in [0.25, 0.3) is 0 Å². The molecular weight excluding hydrogens is 226 g/mol. The number of aryl methyl sites for hydroxylation is 1. The van der Waals surface area contributed by atoms with Crippen LogP contribution in [0.4, 0.5) is 0 Å². The molecular formula is C10H11N3O2S. The molecule has 2 heterocycles. The second-order valence-electron chi connectivity index (χ2n) is 3.17. The molecule has 0 saturated heterocycles. The van der Waals surface area contributed by atoms with Gasteiger partial charge >= 0.3 is 5.97 Å². The average Bonchev–Trinajstić information content (AvgIpc) is 2.85. The van der Waals surface area contributed by atoms with E-state index < -0.39 is 0 Å². The molecule has 6 heteroatoms.